The van der Waals surface area contributed by atoms with Gasteiger partial charge in [-0.15, -0.1) is 0 Å². The molecule has 3 heterocycles. The minimum atomic E-state index is -4.75. The van der Waals surface area contributed by atoms with Crippen LogP contribution >= 0.6 is 39.1 Å². The molecule has 0 bridgehead atoms. The quantitative estimate of drug-likeness (QED) is 0.233. The van der Waals surface area contributed by atoms with E-state index in [1.54, 1.807) is 41.2 Å². The van der Waals surface area contributed by atoms with Crippen LogP contribution in [0.1, 0.15) is 21.7 Å². The molecule has 13 heteroatoms. The Morgan fingerprint density at radius 1 is 1.03 bits per heavy atom. The number of hydrogen-bond donors (Lipinski definition) is 1. The molecular weight excluding hydrogens is 596 g/mol. The Labute approximate surface area is 226 Å². The van der Waals surface area contributed by atoms with Crippen LogP contribution in [0.15, 0.2) is 71.3 Å². The molecule has 2 aromatic carbocycles. The van der Waals surface area contributed by atoms with E-state index in [1.165, 1.54) is 6.07 Å². The van der Waals surface area contributed by atoms with E-state index < -0.39 is 17.8 Å². The van der Waals surface area contributed by atoms with E-state index in [-0.39, 0.29) is 22.9 Å². The van der Waals surface area contributed by atoms with Gasteiger partial charge in [-0.25, -0.2) is 9.50 Å². The number of aromatic nitrogens is 5. The molecular formula is C24H14BrCl2F3N6O. The molecule has 0 fully saturated rings. The molecule has 0 spiro atoms. The highest BCUT2D eigenvalue weighted by atomic mass is 79.9. The summed E-state index contributed by atoms with van der Waals surface area (Å²) in [6, 6.07) is 15.5. The van der Waals surface area contributed by atoms with Crippen LogP contribution < -0.4 is 5.32 Å². The van der Waals surface area contributed by atoms with E-state index in [2.05, 4.69) is 36.4 Å². The van der Waals surface area contributed by atoms with Crippen molar-refractivity contribution in [3.63, 3.8) is 0 Å². The molecule has 0 atom stereocenters. The van der Waals surface area contributed by atoms with Crippen LogP contribution in [0.3, 0.4) is 0 Å². The summed E-state index contributed by atoms with van der Waals surface area (Å²) in [6.07, 6.45) is -3.10. The minimum Gasteiger partial charge on any atom is -0.303 e. The van der Waals surface area contributed by atoms with E-state index in [1.807, 2.05) is 18.2 Å². The van der Waals surface area contributed by atoms with Crippen molar-refractivity contribution in [1.29, 1.82) is 0 Å². The number of alkyl halides is 3. The summed E-state index contributed by atoms with van der Waals surface area (Å²) in [4.78, 5) is 17.2. The fourth-order valence-corrected chi connectivity index (χ4v) is 4.33. The molecule has 0 radical (unpaired) electrons. The standard InChI is InChI=1S/C24H14BrCl2F3N6O/c25-16-12-35(11-14-3-1-2-4-17(14)27)34-22(16)32-23(37)19-10-21-31-18(13-5-7-15(26)8-6-13)9-20(24(28,29)30)36(21)33-19/h1-10,12H,11H2,(H,32,34,37). The second-order valence-corrected chi connectivity index (χ2v) is 9.60. The summed E-state index contributed by atoms with van der Waals surface area (Å²) < 4.78 is 44.2. The van der Waals surface area contributed by atoms with E-state index in [9.17, 15) is 18.0 Å². The van der Waals surface area contributed by atoms with Crippen molar-refractivity contribution in [3.8, 4) is 11.3 Å². The average molecular weight is 610 g/mol. The number of benzene rings is 2. The molecule has 188 valence electrons. The maximum atomic E-state index is 13.9. The van der Waals surface area contributed by atoms with E-state index in [0.717, 1.165) is 11.6 Å². The van der Waals surface area contributed by atoms with E-state index in [0.29, 0.717) is 31.1 Å². The Hall–Kier alpha value is -3.41. The van der Waals surface area contributed by atoms with Gasteiger partial charge in [0.1, 0.15) is 0 Å². The largest absolute Gasteiger partial charge is 0.433 e. The van der Waals surface area contributed by atoms with Gasteiger partial charge in [0.15, 0.2) is 22.9 Å². The SMILES string of the molecule is O=C(Nc1nn(Cc2ccccc2Cl)cc1Br)c1cc2nc(-c3ccc(Cl)cc3)cc(C(F)(F)F)n2n1. The van der Waals surface area contributed by atoms with Crippen molar-refractivity contribution in [2.75, 3.05) is 5.32 Å². The number of halogens is 6. The molecule has 0 unspecified atom stereocenters. The predicted molar refractivity (Wildman–Crippen MR) is 137 cm³/mol. The zero-order chi connectivity index (χ0) is 26.3. The van der Waals surface area contributed by atoms with E-state index >= 15 is 0 Å². The zero-order valence-electron chi connectivity index (χ0n) is 18.5. The van der Waals surface area contributed by atoms with Crippen molar-refractivity contribution in [2.45, 2.75) is 12.7 Å². The number of hydrogen-bond acceptors (Lipinski definition) is 4. The normalized spacial score (nSPS) is 11.7. The van der Waals surface area contributed by atoms with Crippen molar-refractivity contribution < 1.29 is 18.0 Å². The summed E-state index contributed by atoms with van der Waals surface area (Å²) in [5.74, 6) is -0.588. The maximum absolute atomic E-state index is 13.9. The van der Waals surface area contributed by atoms with Gasteiger partial charge in [0.2, 0.25) is 0 Å². The summed E-state index contributed by atoms with van der Waals surface area (Å²) in [5.41, 5.74) is -0.180. The first-order valence-electron chi connectivity index (χ1n) is 10.6. The highest BCUT2D eigenvalue weighted by Gasteiger charge is 2.35. The van der Waals surface area contributed by atoms with Gasteiger partial charge in [0, 0.05) is 27.9 Å². The van der Waals surface area contributed by atoms with Crippen molar-refractivity contribution in [1.82, 2.24) is 24.4 Å². The smallest absolute Gasteiger partial charge is 0.303 e. The summed E-state index contributed by atoms with van der Waals surface area (Å²) in [6.45, 7) is 0.342. The minimum absolute atomic E-state index is 0.0596. The number of carbonyl (C=O) groups excluding carboxylic acids is 1. The Bertz CT molecular complexity index is 1630. The summed E-state index contributed by atoms with van der Waals surface area (Å²) >= 11 is 15.4. The molecule has 0 saturated heterocycles. The second-order valence-electron chi connectivity index (χ2n) is 7.90. The molecule has 5 aromatic rings. The molecule has 5 rings (SSSR count). The first-order valence-corrected chi connectivity index (χ1v) is 12.1. The van der Waals surface area contributed by atoms with Crippen LogP contribution in [-0.2, 0) is 12.7 Å². The number of anilines is 1. The topological polar surface area (TPSA) is 77.1 Å². The second kappa shape index (κ2) is 9.81. The van der Waals surface area contributed by atoms with Gasteiger partial charge >= 0.3 is 6.18 Å². The Morgan fingerprint density at radius 2 is 1.76 bits per heavy atom. The number of nitrogens with one attached hydrogen (secondary N) is 1. The maximum Gasteiger partial charge on any atom is 0.433 e. The van der Waals surface area contributed by atoms with Gasteiger partial charge in [0.05, 0.1) is 16.7 Å². The molecule has 0 aliphatic rings. The highest BCUT2D eigenvalue weighted by Crippen LogP contribution is 2.33. The lowest BCUT2D eigenvalue weighted by atomic mass is 10.1. The molecule has 7 nitrogen and oxygen atoms in total. The number of nitrogens with zero attached hydrogens (tertiary/aromatic N) is 5. The Balaban J connectivity index is 1.45. The predicted octanol–water partition coefficient (Wildman–Crippen LogP) is 6.98. The third kappa shape index (κ3) is 5.34. The van der Waals surface area contributed by atoms with Crippen molar-refractivity contribution >= 4 is 56.5 Å². The summed E-state index contributed by atoms with van der Waals surface area (Å²) in [5, 5.41) is 11.8. The first kappa shape index (κ1) is 25.2. The number of rotatable bonds is 5. The zero-order valence-corrected chi connectivity index (χ0v) is 21.6. The van der Waals surface area contributed by atoms with Gasteiger partial charge in [-0.2, -0.15) is 23.4 Å². The molecule has 0 aliphatic heterocycles. The van der Waals surface area contributed by atoms with Crippen LogP contribution in [0.4, 0.5) is 19.0 Å². The molecule has 0 aliphatic carbocycles. The summed E-state index contributed by atoms with van der Waals surface area (Å²) in [7, 11) is 0. The Kier molecular flexibility index (Phi) is 6.69. The fraction of sp³-hybridized carbons (Fsp3) is 0.0833. The lowest BCUT2D eigenvalue weighted by Gasteiger charge is -2.11. The van der Waals surface area contributed by atoms with Crippen LogP contribution in [0.5, 0.6) is 0 Å². The average Bonchev–Trinajstić information content (AvgIpc) is 3.43. The lowest BCUT2D eigenvalue weighted by molar-refractivity contribution is -0.142. The van der Waals surface area contributed by atoms with Crippen molar-refractivity contribution in [2.24, 2.45) is 0 Å². The van der Waals surface area contributed by atoms with Crippen LogP contribution in [-0.4, -0.2) is 30.3 Å². The Morgan fingerprint density at radius 3 is 2.46 bits per heavy atom. The molecule has 37 heavy (non-hydrogen) atoms. The molecule has 1 amide bonds. The van der Waals surface area contributed by atoms with Crippen molar-refractivity contribution in [3.05, 3.63) is 98.3 Å². The van der Waals surface area contributed by atoms with Gasteiger partial charge in [0.25, 0.3) is 5.91 Å². The third-order valence-electron chi connectivity index (χ3n) is 5.33. The van der Waals surface area contributed by atoms with Gasteiger partial charge in [-0.3, -0.25) is 9.48 Å². The fourth-order valence-electron chi connectivity index (χ4n) is 3.59. The van der Waals surface area contributed by atoms with E-state index in [4.69, 9.17) is 23.2 Å². The third-order valence-corrected chi connectivity index (χ3v) is 6.53. The molecule has 3 aromatic heterocycles. The number of carbonyl (C=O) groups is 1. The van der Waals surface area contributed by atoms with Crippen LogP contribution in [0.25, 0.3) is 16.9 Å². The monoisotopic (exact) mass is 608 g/mol. The lowest BCUT2D eigenvalue weighted by Crippen LogP contribution is -2.16. The van der Waals surface area contributed by atoms with Crippen LogP contribution in [0.2, 0.25) is 10.0 Å². The first-order chi connectivity index (χ1) is 17.6. The molecule has 0 saturated carbocycles. The number of fused-ring (bicyclic) bond motifs is 1. The number of amides is 1. The van der Waals surface area contributed by atoms with Gasteiger partial charge < -0.3 is 5.32 Å². The highest BCUT2D eigenvalue weighted by molar-refractivity contribution is 9.10. The molecule has 1 N–H and O–H groups in total. The van der Waals surface area contributed by atoms with Gasteiger partial charge in [-0.1, -0.05) is 53.5 Å². The van der Waals surface area contributed by atoms with Crippen LogP contribution in [0, 0.1) is 0 Å². The van der Waals surface area contributed by atoms with Gasteiger partial charge in [-0.05, 0) is 45.8 Å².